The molecule has 0 amide bonds. The van der Waals surface area contributed by atoms with Gasteiger partial charge in [-0.25, -0.2) is 4.39 Å². The summed E-state index contributed by atoms with van der Waals surface area (Å²) in [4.78, 5) is 0. The molecule has 0 unspecified atom stereocenters. The highest BCUT2D eigenvalue weighted by Crippen LogP contribution is 2.23. The molecule has 0 heterocycles. The first-order chi connectivity index (χ1) is 6.16. The molecule has 2 N–H and O–H groups in total. The van der Waals surface area contributed by atoms with E-state index in [0.717, 1.165) is 0 Å². The molecule has 1 aromatic rings. The zero-order valence-electron chi connectivity index (χ0n) is 7.34. The predicted octanol–water partition coefficient (Wildman–Crippen LogP) is 3.26. The molecule has 14 heavy (non-hydrogen) atoms. The summed E-state index contributed by atoms with van der Waals surface area (Å²) < 4.78 is 25.2. The third-order valence-electron chi connectivity index (χ3n) is 1.80. The van der Waals surface area contributed by atoms with Crippen LogP contribution in [0.5, 0.6) is 0 Å². The molecule has 0 aliphatic heterocycles. The molecule has 0 radical (unpaired) electrons. The van der Waals surface area contributed by atoms with E-state index < -0.39 is 18.5 Å². The molecule has 0 bridgehead atoms. The smallest absolute Gasteiger partial charge is 0.146 e. The quantitative estimate of drug-likeness (QED) is 0.864. The second kappa shape index (κ2) is 6.17. The van der Waals surface area contributed by atoms with E-state index in [0.29, 0.717) is 0 Å². The molecule has 0 aliphatic carbocycles. The predicted molar refractivity (Wildman–Crippen MR) is 56.2 cm³/mol. The standard InChI is InChI=1S/C9H10ClF2N.ClH/c10-7-3-1-2-6(9(7)12)8(13)4-5-11;/h1-3,8H,4-5,13H2;1H/t8-;/m0./s1. The van der Waals surface area contributed by atoms with Crippen LogP contribution in [0.1, 0.15) is 18.0 Å². The van der Waals surface area contributed by atoms with Crippen molar-refractivity contribution in [1.29, 1.82) is 0 Å². The highest BCUT2D eigenvalue weighted by atomic mass is 35.5. The monoisotopic (exact) mass is 241 g/mol. The van der Waals surface area contributed by atoms with Gasteiger partial charge in [0.05, 0.1) is 11.7 Å². The summed E-state index contributed by atoms with van der Waals surface area (Å²) in [7, 11) is 0. The fourth-order valence-electron chi connectivity index (χ4n) is 1.08. The van der Waals surface area contributed by atoms with Crippen molar-refractivity contribution in [2.45, 2.75) is 12.5 Å². The number of nitrogens with two attached hydrogens (primary N) is 1. The second-order valence-electron chi connectivity index (χ2n) is 2.73. The first-order valence-electron chi connectivity index (χ1n) is 3.92. The molecule has 0 spiro atoms. The summed E-state index contributed by atoms with van der Waals surface area (Å²) in [5.74, 6) is -0.551. The molecule has 1 atom stereocenters. The Morgan fingerprint density at radius 2 is 2.07 bits per heavy atom. The van der Waals surface area contributed by atoms with E-state index in [1.54, 1.807) is 6.07 Å². The largest absolute Gasteiger partial charge is 0.324 e. The van der Waals surface area contributed by atoms with Crippen molar-refractivity contribution in [2.75, 3.05) is 6.67 Å². The van der Waals surface area contributed by atoms with Gasteiger partial charge in [-0.05, 0) is 12.5 Å². The fraction of sp³-hybridized carbons (Fsp3) is 0.333. The lowest BCUT2D eigenvalue weighted by Gasteiger charge is -2.11. The average molecular weight is 242 g/mol. The van der Waals surface area contributed by atoms with E-state index in [1.807, 2.05) is 0 Å². The molecule has 0 saturated heterocycles. The Kier molecular flexibility index (Phi) is 6.00. The summed E-state index contributed by atoms with van der Waals surface area (Å²) in [6.07, 6.45) is 0.108. The summed E-state index contributed by atoms with van der Waals surface area (Å²) in [5.41, 5.74) is 5.81. The van der Waals surface area contributed by atoms with Crippen LogP contribution in [0.15, 0.2) is 18.2 Å². The van der Waals surface area contributed by atoms with Crippen LogP contribution in [0.25, 0.3) is 0 Å². The molecule has 0 saturated carbocycles. The zero-order valence-corrected chi connectivity index (χ0v) is 8.92. The Labute approximate surface area is 92.7 Å². The molecular weight excluding hydrogens is 231 g/mol. The van der Waals surface area contributed by atoms with Gasteiger partial charge in [0.1, 0.15) is 5.82 Å². The van der Waals surface area contributed by atoms with Crippen molar-refractivity contribution < 1.29 is 8.78 Å². The summed E-state index contributed by atoms with van der Waals surface area (Å²) in [5, 5.41) is 0.0202. The van der Waals surface area contributed by atoms with Gasteiger partial charge < -0.3 is 5.73 Å². The minimum Gasteiger partial charge on any atom is -0.324 e. The van der Waals surface area contributed by atoms with Gasteiger partial charge in [-0.15, -0.1) is 12.4 Å². The van der Waals surface area contributed by atoms with Gasteiger partial charge in [-0.3, -0.25) is 4.39 Å². The van der Waals surface area contributed by atoms with Crippen LogP contribution in [-0.2, 0) is 0 Å². The van der Waals surface area contributed by atoms with Gasteiger partial charge in [0.15, 0.2) is 0 Å². The van der Waals surface area contributed by atoms with Gasteiger partial charge in [0.25, 0.3) is 0 Å². The molecule has 1 nitrogen and oxygen atoms in total. The van der Waals surface area contributed by atoms with E-state index in [1.165, 1.54) is 12.1 Å². The average Bonchev–Trinajstić information content (AvgIpc) is 2.10. The van der Waals surface area contributed by atoms with Crippen molar-refractivity contribution in [1.82, 2.24) is 0 Å². The van der Waals surface area contributed by atoms with E-state index in [-0.39, 0.29) is 29.4 Å². The zero-order chi connectivity index (χ0) is 9.84. The number of hydrogen-bond acceptors (Lipinski definition) is 1. The highest BCUT2D eigenvalue weighted by Gasteiger charge is 2.12. The topological polar surface area (TPSA) is 26.0 Å². The summed E-state index contributed by atoms with van der Waals surface area (Å²) >= 11 is 5.53. The number of alkyl halides is 1. The summed E-state index contributed by atoms with van der Waals surface area (Å²) in [6, 6.07) is 3.92. The molecule has 1 aromatic carbocycles. The second-order valence-corrected chi connectivity index (χ2v) is 3.13. The minimum atomic E-state index is -0.622. The van der Waals surface area contributed by atoms with E-state index >= 15 is 0 Å². The van der Waals surface area contributed by atoms with Crippen molar-refractivity contribution >= 4 is 24.0 Å². The Bertz CT molecular complexity index is 294. The first-order valence-corrected chi connectivity index (χ1v) is 4.30. The van der Waals surface area contributed by atoms with E-state index in [4.69, 9.17) is 17.3 Å². The van der Waals surface area contributed by atoms with Gasteiger partial charge in [-0.1, -0.05) is 23.7 Å². The van der Waals surface area contributed by atoms with E-state index in [9.17, 15) is 8.78 Å². The van der Waals surface area contributed by atoms with E-state index in [2.05, 4.69) is 0 Å². The van der Waals surface area contributed by atoms with Gasteiger partial charge in [0, 0.05) is 11.6 Å². The molecule has 80 valence electrons. The summed E-state index contributed by atoms with van der Waals surface area (Å²) in [6.45, 7) is -0.562. The normalized spacial score (nSPS) is 12.0. The molecule has 0 aliphatic rings. The molecule has 0 fully saturated rings. The van der Waals surface area contributed by atoms with Crippen LogP contribution in [0, 0.1) is 5.82 Å². The molecule has 5 heteroatoms. The van der Waals surface area contributed by atoms with Crippen molar-refractivity contribution in [3.63, 3.8) is 0 Å². The minimum absolute atomic E-state index is 0. The van der Waals surface area contributed by atoms with Crippen molar-refractivity contribution in [3.8, 4) is 0 Å². The van der Waals surface area contributed by atoms with Gasteiger partial charge in [-0.2, -0.15) is 0 Å². The van der Waals surface area contributed by atoms with Gasteiger partial charge >= 0.3 is 0 Å². The lowest BCUT2D eigenvalue weighted by atomic mass is 10.0. The molecular formula is C9H11Cl2F2N. The van der Waals surface area contributed by atoms with Crippen LogP contribution in [0.2, 0.25) is 5.02 Å². The third-order valence-corrected chi connectivity index (χ3v) is 2.09. The van der Waals surface area contributed by atoms with Crippen molar-refractivity contribution in [3.05, 3.63) is 34.6 Å². The Balaban J connectivity index is 0.00000169. The third kappa shape index (κ3) is 3.08. The fourth-order valence-corrected chi connectivity index (χ4v) is 1.26. The highest BCUT2D eigenvalue weighted by molar-refractivity contribution is 6.30. The van der Waals surface area contributed by atoms with Crippen LogP contribution in [-0.4, -0.2) is 6.67 Å². The Morgan fingerprint density at radius 3 is 2.64 bits per heavy atom. The maximum absolute atomic E-state index is 13.2. The van der Waals surface area contributed by atoms with Crippen LogP contribution in [0.4, 0.5) is 8.78 Å². The molecule has 1 rings (SSSR count). The van der Waals surface area contributed by atoms with Crippen LogP contribution < -0.4 is 5.73 Å². The lowest BCUT2D eigenvalue weighted by Crippen LogP contribution is -2.12. The maximum Gasteiger partial charge on any atom is 0.146 e. The number of benzene rings is 1. The Hall–Kier alpha value is -0.380. The van der Waals surface area contributed by atoms with Crippen molar-refractivity contribution in [2.24, 2.45) is 5.73 Å². The van der Waals surface area contributed by atoms with Crippen LogP contribution in [0.3, 0.4) is 0 Å². The lowest BCUT2D eigenvalue weighted by molar-refractivity contribution is 0.435. The number of rotatable bonds is 3. The Morgan fingerprint density at radius 1 is 1.43 bits per heavy atom. The number of halogens is 4. The SMILES string of the molecule is Cl.N[C@@H](CCF)c1cccc(Cl)c1F. The maximum atomic E-state index is 13.2. The van der Waals surface area contributed by atoms with Crippen LogP contribution >= 0.6 is 24.0 Å². The molecule has 0 aromatic heterocycles. The van der Waals surface area contributed by atoms with Gasteiger partial charge in [0.2, 0.25) is 0 Å². The first kappa shape index (κ1) is 13.6. The number of hydrogen-bond donors (Lipinski definition) is 1.